The number of hydrogen-bond donors (Lipinski definition) is 1. The monoisotopic (exact) mass is 341 g/mol. The number of halogens is 2. The molecule has 19 heavy (non-hydrogen) atoms. The summed E-state index contributed by atoms with van der Waals surface area (Å²) in [7, 11) is 0. The lowest BCUT2D eigenvalue weighted by molar-refractivity contribution is 0.546. The van der Waals surface area contributed by atoms with Gasteiger partial charge in [0.25, 0.3) is 0 Å². The molecule has 1 heterocycles. The number of nitrogens with one attached hydrogen (secondary N) is 1. The maximum Gasteiger partial charge on any atom is 0.0766 e. The van der Waals surface area contributed by atoms with Crippen LogP contribution in [-0.2, 0) is 6.54 Å². The van der Waals surface area contributed by atoms with Gasteiger partial charge in [0, 0.05) is 17.2 Å². The average molecular weight is 343 g/mol. The number of rotatable bonds is 5. The predicted molar refractivity (Wildman–Crippen MR) is 82.8 cm³/mol. The first-order valence-corrected chi connectivity index (χ1v) is 7.44. The van der Waals surface area contributed by atoms with Crippen molar-refractivity contribution in [3.05, 3.63) is 45.7 Å². The standard InChI is InChI=1S/C14H17BrClN3/c1-10(2)8-17-9-11-5-6-19(18-11)12-3-4-14(16)13(15)7-12/h3-7,10,17H,8-9H2,1-2H3. The van der Waals surface area contributed by atoms with Crippen LogP contribution in [-0.4, -0.2) is 16.3 Å². The Morgan fingerprint density at radius 2 is 2.16 bits per heavy atom. The first-order valence-electron chi connectivity index (χ1n) is 6.27. The molecular weight excluding hydrogens is 326 g/mol. The second kappa shape index (κ2) is 6.55. The topological polar surface area (TPSA) is 29.9 Å². The fourth-order valence-corrected chi connectivity index (χ4v) is 2.20. The van der Waals surface area contributed by atoms with Crippen LogP contribution in [0.25, 0.3) is 5.69 Å². The van der Waals surface area contributed by atoms with Gasteiger partial charge in [0.05, 0.1) is 16.4 Å². The van der Waals surface area contributed by atoms with Crippen LogP contribution in [0.2, 0.25) is 5.02 Å². The molecule has 0 aliphatic rings. The average Bonchev–Trinajstić information content (AvgIpc) is 2.81. The van der Waals surface area contributed by atoms with E-state index in [1.807, 2.05) is 35.1 Å². The van der Waals surface area contributed by atoms with Crippen molar-refractivity contribution in [3.8, 4) is 5.69 Å². The van der Waals surface area contributed by atoms with Crippen LogP contribution >= 0.6 is 27.5 Å². The molecule has 0 atom stereocenters. The van der Waals surface area contributed by atoms with E-state index in [0.29, 0.717) is 10.9 Å². The van der Waals surface area contributed by atoms with Crippen molar-refractivity contribution in [2.45, 2.75) is 20.4 Å². The molecule has 0 saturated heterocycles. The van der Waals surface area contributed by atoms with Crippen molar-refractivity contribution < 1.29 is 0 Å². The summed E-state index contributed by atoms with van der Waals surface area (Å²) in [5.41, 5.74) is 2.03. The minimum atomic E-state index is 0.648. The second-order valence-corrected chi connectivity index (χ2v) is 6.14. The van der Waals surface area contributed by atoms with E-state index in [4.69, 9.17) is 11.6 Å². The highest BCUT2D eigenvalue weighted by atomic mass is 79.9. The van der Waals surface area contributed by atoms with Crippen LogP contribution in [0.4, 0.5) is 0 Å². The van der Waals surface area contributed by atoms with Crippen LogP contribution in [0.3, 0.4) is 0 Å². The van der Waals surface area contributed by atoms with Gasteiger partial charge in [0.1, 0.15) is 0 Å². The molecule has 5 heteroatoms. The highest BCUT2D eigenvalue weighted by Crippen LogP contribution is 2.24. The van der Waals surface area contributed by atoms with Gasteiger partial charge in [0.15, 0.2) is 0 Å². The number of hydrogen-bond acceptors (Lipinski definition) is 2. The first-order chi connectivity index (χ1) is 9.06. The van der Waals surface area contributed by atoms with Gasteiger partial charge >= 0.3 is 0 Å². The fourth-order valence-electron chi connectivity index (χ4n) is 1.72. The third-order valence-corrected chi connectivity index (χ3v) is 3.88. The molecular formula is C14H17BrClN3. The molecule has 0 aliphatic carbocycles. The molecule has 1 N–H and O–H groups in total. The van der Waals surface area contributed by atoms with Gasteiger partial charge in [-0.05, 0) is 52.7 Å². The third-order valence-electron chi connectivity index (χ3n) is 2.67. The minimum Gasteiger partial charge on any atom is -0.311 e. The van der Waals surface area contributed by atoms with E-state index in [1.165, 1.54) is 0 Å². The zero-order valence-corrected chi connectivity index (χ0v) is 13.4. The normalized spacial score (nSPS) is 11.2. The van der Waals surface area contributed by atoms with Crippen molar-refractivity contribution in [1.82, 2.24) is 15.1 Å². The summed E-state index contributed by atoms with van der Waals surface area (Å²) in [6, 6.07) is 7.79. The molecule has 1 aromatic carbocycles. The van der Waals surface area contributed by atoms with Gasteiger partial charge in [-0.3, -0.25) is 0 Å². The first kappa shape index (κ1) is 14.6. The van der Waals surface area contributed by atoms with Crippen molar-refractivity contribution in [3.63, 3.8) is 0 Å². The van der Waals surface area contributed by atoms with Gasteiger partial charge in [-0.25, -0.2) is 4.68 Å². The Bertz CT molecular complexity index is 551. The zero-order valence-electron chi connectivity index (χ0n) is 11.0. The molecule has 0 aliphatic heterocycles. The summed E-state index contributed by atoms with van der Waals surface area (Å²) >= 11 is 9.41. The molecule has 0 fully saturated rings. The van der Waals surface area contributed by atoms with E-state index in [2.05, 4.69) is 40.2 Å². The van der Waals surface area contributed by atoms with E-state index in [0.717, 1.165) is 28.9 Å². The molecule has 1 aromatic heterocycles. The van der Waals surface area contributed by atoms with Gasteiger partial charge in [-0.2, -0.15) is 5.10 Å². The van der Waals surface area contributed by atoms with E-state index >= 15 is 0 Å². The molecule has 0 saturated carbocycles. The summed E-state index contributed by atoms with van der Waals surface area (Å²) in [6.07, 6.45) is 1.96. The van der Waals surface area contributed by atoms with Crippen molar-refractivity contribution in [2.75, 3.05) is 6.54 Å². The summed E-state index contributed by atoms with van der Waals surface area (Å²) in [6.45, 7) is 6.17. The lowest BCUT2D eigenvalue weighted by Gasteiger charge is -2.05. The minimum absolute atomic E-state index is 0.648. The Kier molecular flexibility index (Phi) is 5.02. The Labute approximate surface area is 127 Å². The maximum absolute atomic E-state index is 5.98. The van der Waals surface area contributed by atoms with E-state index in [-0.39, 0.29) is 0 Å². The van der Waals surface area contributed by atoms with Crippen LogP contribution in [0.1, 0.15) is 19.5 Å². The van der Waals surface area contributed by atoms with Gasteiger partial charge in [-0.15, -0.1) is 0 Å². The van der Waals surface area contributed by atoms with Crippen molar-refractivity contribution >= 4 is 27.5 Å². The smallest absolute Gasteiger partial charge is 0.0766 e. The highest BCUT2D eigenvalue weighted by molar-refractivity contribution is 9.10. The summed E-state index contributed by atoms with van der Waals surface area (Å²) in [5.74, 6) is 0.648. The predicted octanol–water partition coefficient (Wildman–Crippen LogP) is 4.03. The lowest BCUT2D eigenvalue weighted by Crippen LogP contribution is -2.19. The van der Waals surface area contributed by atoms with E-state index in [9.17, 15) is 0 Å². The Balaban J connectivity index is 2.05. The Morgan fingerprint density at radius 3 is 2.84 bits per heavy atom. The number of aromatic nitrogens is 2. The van der Waals surface area contributed by atoms with Gasteiger partial charge in [0.2, 0.25) is 0 Å². The molecule has 2 rings (SSSR count). The number of nitrogens with zero attached hydrogens (tertiary/aromatic N) is 2. The fraction of sp³-hybridized carbons (Fsp3) is 0.357. The van der Waals surface area contributed by atoms with Crippen LogP contribution < -0.4 is 5.32 Å². The van der Waals surface area contributed by atoms with Crippen LogP contribution in [0.15, 0.2) is 34.9 Å². The Hall–Kier alpha value is -0.840. The van der Waals surface area contributed by atoms with E-state index < -0.39 is 0 Å². The summed E-state index contributed by atoms with van der Waals surface area (Å²) < 4.78 is 2.73. The molecule has 3 nitrogen and oxygen atoms in total. The van der Waals surface area contributed by atoms with Crippen LogP contribution in [0, 0.1) is 5.92 Å². The Morgan fingerprint density at radius 1 is 1.37 bits per heavy atom. The quantitative estimate of drug-likeness (QED) is 0.889. The largest absolute Gasteiger partial charge is 0.311 e. The highest BCUT2D eigenvalue weighted by Gasteiger charge is 2.04. The van der Waals surface area contributed by atoms with Gasteiger partial charge < -0.3 is 5.32 Å². The third kappa shape index (κ3) is 4.06. The molecule has 0 radical (unpaired) electrons. The zero-order chi connectivity index (χ0) is 13.8. The van der Waals surface area contributed by atoms with Gasteiger partial charge in [-0.1, -0.05) is 25.4 Å². The SMILES string of the molecule is CC(C)CNCc1ccn(-c2ccc(Cl)c(Br)c2)n1. The summed E-state index contributed by atoms with van der Waals surface area (Å²) in [4.78, 5) is 0. The van der Waals surface area contributed by atoms with Crippen molar-refractivity contribution in [1.29, 1.82) is 0 Å². The number of benzene rings is 1. The molecule has 0 spiro atoms. The van der Waals surface area contributed by atoms with E-state index in [1.54, 1.807) is 0 Å². The van der Waals surface area contributed by atoms with Crippen LogP contribution in [0.5, 0.6) is 0 Å². The molecule has 0 amide bonds. The molecule has 102 valence electrons. The second-order valence-electron chi connectivity index (χ2n) is 4.87. The molecule has 2 aromatic rings. The molecule has 0 bridgehead atoms. The molecule has 0 unspecified atom stereocenters. The lowest BCUT2D eigenvalue weighted by atomic mass is 10.2. The van der Waals surface area contributed by atoms with Crippen molar-refractivity contribution in [2.24, 2.45) is 5.92 Å². The maximum atomic E-state index is 5.98. The summed E-state index contributed by atoms with van der Waals surface area (Å²) in [5, 5.41) is 8.62.